The predicted molar refractivity (Wildman–Crippen MR) is 56.9 cm³/mol. The van der Waals surface area contributed by atoms with Gasteiger partial charge in [-0.05, 0) is 12.3 Å². The van der Waals surface area contributed by atoms with E-state index in [0.717, 1.165) is 11.5 Å². The maximum absolute atomic E-state index is 12.3. The van der Waals surface area contributed by atoms with Crippen LogP contribution in [0.25, 0.3) is 0 Å². The van der Waals surface area contributed by atoms with Crippen LogP contribution in [0.3, 0.4) is 0 Å². The second-order valence-corrected chi connectivity index (χ2v) is 4.91. The van der Waals surface area contributed by atoms with E-state index < -0.39 is 12.0 Å². The molecule has 2 unspecified atom stereocenters. The smallest absolute Gasteiger partial charge is 0.393 e. The summed E-state index contributed by atoms with van der Waals surface area (Å²) in [6.07, 6.45) is -4.33. The number of hydrogen-bond acceptors (Lipinski definition) is 5. The van der Waals surface area contributed by atoms with Crippen LogP contribution in [0.5, 0.6) is 0 Å². The van der Waals surface area contributed by atoms with E-state index in [-0.39, 0.29) is 17.2 Å². The van der Waals surface area contributed by atoms with Gasteiger partial charge in [0.05, 0.1) is 6.10 Å². The number of piperidine rings is 1. The van der Waals surface area contributed by atoms with E-state index in [2.05, 4.69) is 9.36 Å². The normalized spacial score (nSPS) is 26.3. The number of anilines is 1. The van der Waals surface area contributed by atoms with Gasteiger partial charge < -0.3 is 10.0 Å². The number of rotatable bonds is 1. The van der Waals surface area contributed by atoms with Gasteiger partial charge in [-0.1, -0.05) is 6.92 Å². The third-order valence-corrected chi connectivity index (χ3v) is 3.58. The summed E-state index contributed by atoms with van der Waals surface area (Å²) in [5.41, 5.74) is 0. The van der Waals surface area contributed by atoms with Crippen LogP contribution in [0.2, 0.25) is 0 Å². The summed E-state index contributed by atoms with van der Waals surface area (Å²) >= 11 is 0.749. The van der Waals surface area contributed by atoms with Crippen molar-refractivity contribution in [2.24, 2.45) is 5.92 Å². The Kier molecular flexibility index (Phi) is 3.26. The zero-order valence-corrected chi connectivity index (χ0v) is 9.92. The Morgan fingerprint density at radius 2 is 2.18 bits per heavy atom. The van der Waals surface area contributed by atoms with Crippen LogP contribution in [0.1, 0.15) is 19.2 Å². The molecule has 1 aromatic heterocycles. The molecule has 1 fully saturated rings. The Morgan fingerprint density at radius 1 is 1.47 bits per heavy atom. The number of halogens is 3. The molecule has 1 N–H and O–H groups in total. The lowest BCUT2D eigenvalue weighted by atomic mass is 9.97. The van der Waals surface area contributed by atoms with Crippen molar-refractivity contribution in [2.45, 2.75) is 25.6 Å². The Bertz CT molecular complexity index is 395. The van der Waals surface area contributed by atoms with Gasteiger partial charge in [0.1, 0.15) is 0 Å². The van der Waals surface area contributed by atoms with Crippen molar-refractivity contribution in [1.82, 2.24) is 9.36 Å². The molecule has 2 rings (SSSR count). The minimum Gasteiger partial charge on any atom is -0.393 e. The zero-order valence-electron chi connectivity index (χ0n) is 9.11. The maximum Gasteiger partial charge on any atom is 0.452 e. The molecule has 0 aromatic carbocycles. The molecule has 1 aliphatic rings. The Hall–Kier alpha value is -0.890. The molecular weight excluding hydrogens is 255 g/mol. The summed E-state index contributed by atoms with van der Waals surface area (Å²) in [6.45, 7) is 2.88. The largest absolute Gasteiger partial charge is 0.452 e. The van der Waals surface area contributed by atoms with Gasteiger partial charge in [0.15, 0.2) is 0 Å². The second kappa shape index (κ2) is 4.41. The number of aromatic nitrogens is 2. The van der Waals surface area contributed by atoms with Gasteiger partial charge in [-0.3, -0.25) is 0 Å². The zero-order chi connectivity index (χ0) is 12.6. The highest BCUT2D eigenvalue weighted by Crippen LogP contribution is 2.31. The minimum absolute atomic E-state index is 0.0296. The van der Waals surface area contributed by atoms with Gasteiger partial charge >= 0.3 is 6.18 Å². The molecule has 0 amide bonds. The Labute approximate surface area is 100 Å². The maximum atomic E-state index is 12.3. The van der Waals surface area contributed by atoms with Crippen molar-refractivity contribution in [2.75, 3.05) is 18.0 Å². The SMILES string of the molecule is CC1CN(c2nc(C(F)(F)F)ns2)CCC1O. The molecule has 0 spiro atoms. The van der Waals surface area contributed by atoms with Crippen LogP contribution in [-0.4, -0.2) is 33.7 Å². The van der Waals surface area contributed by atoms with Crippen molar-refractivity contribution < 1.29 is 18.3 Å². The third kappa shape index (κ3) is 2.68. The highest BCUT2D eigenvalue weighted by Gasteiger charge is 2.37. The summed E-state index contributed by atoms with van der Waals surface area (Å²) in [5.74, 6) is -1.06. The van der Waals surface area contributed by atoms with Gasteiger partial charge in [-0.25, -0.2) is 0 Å². The van der Waals surface area contributed by atoms with E-state index >= 15 is 0 Å². The summed E-state index contributed by atoms with van der Waals surface area (Å²) in [4.78, 5) is 5.23. The third-order valence-electron chi connectivity index (χ3n) is 2.80. The van der Waals surface area contributed by atoms with Gasteiger partial charge in [-0.2, -0.15) is 22.5 Å². The summed E-state index contributed by atoms with van der Waals surface area (Å²) in [7, 11) is 0. The number of alkyl halides is 3. The molecule has 1 aliphatic heterocycles. The van der Waals surface area contributed by atoms with Crippen molar-refractivity contribution >= 4 is 16.7 Å². The van der Waals surface area contributed by atoms with Crippen molar-refractivity contribution in [3.8, 4) is 0 Å². The minimum atomic E-state index is -4.49. The number of aliphatic hydroxyl groups is 1. The fraction of sp³-hybridized carbons (Fsp3) is 0.778. The molecule has 4 nitrogen and oxygen atoms in total. The first-order valence-corrected chi connectivity index (χ1v) is 5.99. The molecule has 0 bridgehead atoms. The average Bonchev–Trinajstić information content (AvgIpc) is 2.70. The van der Waals surface area contributed by atoms with E-state index in [4.69, 9.17) is 0 Å². The summed E-state index contributed by atoms with van der Waals surface area (Å²) in [6, 6.07) is 0. The molecule has 1 saturated heterocycles. The van der Waals surface area contributed by atoms with Crippen LogP contribution >= 0.6 is 11.5 Å². The highest BCUT2D eigenvalue weighted by atomic mass is 32.1. The van der Waals surface area contributed by atoms with Crippen molar-refractivity contribution in [3.05, 3.63) is 5.82 Å². The van der Waals surface area contributed by atoms with Gasteiger partial charge in [-0.15, -0.1) is 0 Å². The van der Waals surface area contributed by atoms with E-state index in [1.807, 2.05) is 6.92 Å². The number of hydrogen-bond donors (Lipinski definition) is 1. The first-order valence-electron chi connectivity index (χ1n) is 5.22. The summed E-state index contributed by atoms with van der Waals surface area (Å²) in [5, 5.41) is 9.81. The van der Waals surface area contributed by atoms with Gasteiger partial charge in [0.2, 0.25) is 11.0 Å². The van der Waals surface area contributed by atoms with E-state index in [1.165, 1.54) is 0 Å². The van der Waals surface area contributed by atoms with Crippen LogP contribution < -0.4 is 4.90 Å². The quantitative estimate of drug-likeness (QED) is 0.842. The van der Waals surface area contributed by atoms with Crippen molar-refractivity contribution in [1.29, 1.82) is 0 Å². The first kappa shape index (κ1) is 12.6. The lowest BCUT2D eigenvalue weighted by molar-refractivity contribution is -0.144. The van der Waals surface area contributed by atoms with Crippen LogP contribution in [0, 0.1) is 5.92 Å². The predicted octanol–water partition coefficient (Wildman–Crippen LogP) is 1.76. The Morgan fingerprint density at radius 3 is 2.71 bits per heavy atom. The van der Waals surface area contributed by atoms with Crippen LogP contribution in [-0.2, 0) is 6.18 Å². The average molecular weight is 267 g/mol. The topological polar surface area (TPSA) is 49.2 Å². The van der Waals surface area contributed by atoms with Gasteiger partial charge in [0.25, 0.3) is 0 Å². The van der Waals surface area contributed by atoms with E-state index in [0.29, 0.717) is 19.5 Å². The summed E-state index contributed by atoms with van der Waals surface area (Å²) < 4.78 is 40.3. The monoisotopic (exact) mass is 267 g/mol. The molecule has 2 heterocycles. The molecule has 1 aromatic rings. The molecule has 8 heteroatoms. The van der Waals surface area contributed by atoms with E-state index in [1.54, 1.807) is 4.90 Å². The molecule has 0 radical (unpaired) electrons. The molecule has 17 heavy (non-hydrogen) atoms. The lowest BCUT2D eigenvalue weighted by Gasteiger charge is -2.33. The van der Waals surface area contributed by atoms with Gasteiger partial charge in [0, 0.05) is 24.6 Å². The molecule has 96 valence electrons. The van der Waals surface area contributed by atoms with Crippen molar-refractivity contribution in [3.63, 3.8) is 0 Å². The number of aliphatic hydroxyl groups excluding tert-OH is 1. The standard InChI is InChI=1S/C9H12F3N3OS/c1-5-4-15(3-2-6(5)16)8-13-7(14-17-8)9(10,11)12/h5-6,16H,2-4H2,1H3. The second-order valence-electron chi connectivity index (χ2n) is 4.18. The van der Waals surface area contributed by atoms with Crippen LogP contribution in [0.4, 0.5) is 18.3 Å². The molecule has 0 aliphatic carbocycles. The molecule has 0 saturated carbocycles. The first-order chi connectivity index (χ1) is 7.88. The lowest BCUT2D eigenvalue weighted by Crippen LogP contribution is -2.41. The fourth-order valence-electron chi connectivity index (χ4n) is 1.77. The van der Waals surface area contributed by atoms with E-state index in [9.17, 15) is 18.3 Å². The molecule has 2 atom stereocenters. The Balaban J connectivity index is 2.11. The fourth-order valence-corrected chi connectivity index (χ4v) is 2.49. The number of nitrogens with zero attached hydrogens (tertiary/aromatic N) is 3. The molecular formula is C9H12F3N3OS. The van der Waals surface area contributed by atoms with Crippen LogP contribution in [0.15, 0.2) is 0 Å². The highest BCUT2D eigenvalue weighted by molar-refractivity contribution is 7.09.